The number of aliphatic hydroxyl groups is 1. The zero-order valence-corrected chi connectivity index (χ0v) is 19.4. The molecule has 0 atom stereocenters. The number of aliphatic imine (C=N–C) groups is 1. The zero-order valence-electron chi connectivity index (χ0n) is 19.4. The maximum absolute atomic E-state index is 13.0. The summed E-state index contributed by atoms with van der Waals surface area (Å²) >= 11 is 0. The Hall–Kier alpha value is -3.13. The molecule has 0 radical (unpaired) electrons. The Bertz CT molecular complexity index is 1070. The van der Waals surface area contributed by atoms with Crippen molar-refractivity contribution in [1.29, 1.82) is 0 Å². The van der Waals surface area contributed by atoms with Gasteiger partial charge in [-0.1, -0.05) is 0 Å². The number of ether oxygens (including phenoxy) is 1. The van der Waals surface area contributed by atoms with Gasteiger partial charge >= 0.3 is 11.6 Å². The summed E-state index contributed by atoms with van der Waals surface area (Å²) in [6.07, 6.45) is 5.39. The second kappa shape index (κ2) is 9.02. The number of carbonyl (C=O) groups is 1. The van der Waals surface area contributed by atoms with Crippen molar-refractivity contribution in [2.24, 2.45) is 10.9 Å². The molecule has 0 aliphatic heterocycles. The second-order valence-corrected chi connectivity index (χ2v) is 9.54. The first-order chi connectivity index (χ1) is 15.7. The molecule has 0 unspecified atom stereocenters. The minimum Gasteiger partial charge on any atom is -0.492 e. The summed E-state index contributed by atoms with van der Waals surface area (Å²) in [5, 5.41) is 23.5. The fourth-order valence-corrected chi connectivity index (χ4v) is 4.13. The fraction of sp³-hybridized carbons (Fsp3) is 0.480. The summed E-state index contributed by atoms with van der Waals surface area (Å²) < 4.78 is 6.66. The molecule has 8 nitrogen and oxygen atoms in total. The normalized spacial score (nSPS) is 20.5. The van der Waals surface area contributed by atoms with E-state index in [0.29, 0.717) is 35.2 Å². The Kier molecular flexibility index (Phi) is 6.30. The molecule has 2 fully saturated rings. The Morgan fingerprint density at radius 2 is 2.06 bits per heavy atom. The highest BCUT2D eigenvalue weighted by Crippen LogP contribution is 2.39. The van der Waals surface area contributed by atoms with Crippen LogP contribution in [0.15, 0.2) is 35.3 Å². The van der Waals surface area contributed by atoms with E-state index >= 15 is 0 Å². The largest absolute Gasteiger partial charge is 0.492 e. The Balaban J connectivity index is 1.54. The highest BCUT2D eigenvalue weighted by molar-refractivity contribution is 6.04. The number of anilines is 2. The van der Waals surface area contributed by atoms with Crippen molar-refractivity contribution < 1.29 is 24.6 Å². The van der Waals surface area contributed by atoms with Crippen molar-refractivity contribution in [3.8, 4) is 5.75 Å². The van der Waals surface area contributed by atoms with Crippen LogP contribution < -0.4 is 20.5 Å². The van der Waals surface area contributed by atoms with Crippen LogP contribution in [-0.4, -0.2) is 40.7 Å². The van der Waals surface area contributed by atoms with Gasteiger partial charge < -0.3 is 20.9 Å². The van der Waals surface area contributed by atoms with E-state index in [2.05, 4.69) is 10.3 Å². The predicted octanol–water partition coefficient (Wildman–Crippen LogP) is 3.29. The van der Waals surface area contributed by atoms with Crippen LogP contribution in [0.3, 0.4) is 0 Å². The molecule has 1 aromatic heterocycles. The lowest BCUT2D eigenvalue weighted by Crippen LogP contribution is -2.43. The van der Waals surface area contributed by atoms with E-state index in [0.717, 1.165) is 36.1 Å². The summed E-state index contributed by atoms with van der Waals surface area (Å²) in [6.45, 7) is 5.92. The van der Waals surface area contributed by atoms with E-state index in [4.69, 9.17) is 10.5 Å². The lowest BCUT2D eigenvalue weighted by Gasteiger charge is -2.40. The number of pyridine rings is 1. The number of nitrogens with zero attached hydrogens (tertiary/aromatic N) is 2. The topological polar surface area (TPSA) is 121 Å². The molecule has 2 saturated carbocycles. The number of benzene rings is 1. The summed E-state index contributed by atoms with van der Waals surface area (Å²) in [5.41, 5.74) is 8.04. The van der Waals surface area contributed by atoms with Crippen LogP contribution in [0, 0.1) is 5.92 Å². The molecule has 2 aliphatic rings. The van der Waals surface area contributed by atoms with E-state index < -0.39 is 11.5 Å². The van der Waals surface area contributed by atoms with Gasteiger partial charge in [0.05, 0.1) is 23.9 Å². The van der Waals surface area contributed by atoms with Gasteiger partial charge in [0.25, 0.3) is 0 Å². The first kappa shape index (κ1) is 23.0. The number of hydrogen-bond donors (Lipinski definition) is 4. The van der Waals surface area contributed by atoms with E-state index in [1.54, 1.807) is 30.5 Å². The van der Waals surface area contributed by atoms with E-state index in [1.165, 1.54) is 0 Å². The van der Waals surface area contributed by atoms with Crippen LogP contribution in [0.1, 0.15) is 74.1 Å². The fourth-order valence-electron chi connectivity index (χ4n) is 4.13. The van der Waals surface area contributed by atoms with Gasteiger partial charge in [0.1, 0.15) is 5.75 Å². The molecule has 33 heavy (non-hydrogen) atoms. The number of nitrogen functional groups attached to an aromatic ring is 1. The number of amides is 1. The van der Waals surface area contributed by atoms with Crippen LogP contribution in [-0.2, 0) is 0 Å². The maximum Gasteiger partial charge on any atom is 0.325 e. The molecule has 0 bridgehead atoms. The lowest BCUT2D eigenvalue weighted by atomic mass is 9.71. The smallest absolute Gasteiger partial charge is 0.325 e. The number of rotatable bonds is 8. The average molecular weight is 454 g/mol. The maximum atomic E-state index is 13.0. The van der Waals surface area contributed by atoms with Gasteiger partial charge in [-0.2, -0.15) is 0 Å². The number of nitrogens with one attached hydrogen (secondary N) is 1. The highest BCUT2D eigenvalue weighted by Gasteiger charge is 2.38. The molecular weight excluding hydrogens is 420 g/mol. The first-order valence-corrected chi connectivity index (χ1v) is 11.5. The molecule has 4 rings (SSSR count). The van der Waals surface area contributed by atoms with Crippen molar-refractivity contribution in [3.05, 3.63) is 47.3 Å². The lowest BCUT2D eigenvalue weighted by molar-refractivity contribution is -0.910. The van der Waals surface area contributed by atoms with Gasteiger partial charge in [0, 0.05) is 46.3 Å². The number of aromatic nitrogens is 1. The molecule has 8 heteroatoms. The van der Waals surface area contributed by atoms with Gasteiger partial charge in [-0.05, 0) is 64.5 Å². The number of hydrogen-bond acceptors (Lipinski definition) is 6. The van der Waals surface area contributed by atoms with Crippen LogP contribution in [0.25, 0.3) is 0 Å². The van der Waals surface area contributed by atoms with Crippen molar-refractivity contribution >= 4 is 23.5 Å². The average Bonchev–Trinajstić information content (AvgIpc) is 3.54. The monoisotopic (exact) mass is 453 g/mol. The molecule has 1 amide bonds. The van der Waals surface area contributed by atoms with E-state index in [-0.39, 0.29) is 17.7 Å². The van der Waals surface area contributed by atoms with Gasteiger partial charge in [-0.25, -0.2) is 0 Å². The quantitative estimate of drug-likeness (QED) is 0.212. The molecule has 1 heterocycles. The SMILES string of the molecule is CCOc1cc(N)c(C=NC2CC(C(C)(C)O)C2)cc1NC(=O)c1cccc(C2CC2)[n+]1O. The van der Waals surface area contributed by atoms with Crippen LogP contribution in [0.5, 0.6) is 5.75 Å². The standard InChI is InChI=1S/C25H32N4O4/c1-4-33-23-13-19(26)16(14-27-18-11-17(12-18)25(2,3)31)10-20(23)28-24(30)22-7-5-6-21(29(22)32)15-8-9-15/h5-7,10,13-15,17-18,26,30-32H,4,8-9,11-12H2,1-3H3/p+1. The van der Waals surface area contributed by atoms with Gasteiger partial charge in [-0.15, -0.1) is 0 Å². The second-order valence-electron chi connectivity index (χ2n) is 9.54. The Labute approximate surface area is 194 Å². The van der Waals surface area contributed by atoms with Crippen molar-refractivity contribution in [2.75, 3.05) is 17.7 Å². The molecule has 1 aromatic carbocycles. The van der Waals surface area contributed by atoms with E-state index in [9.17, 15) is 15.1 Å². The Morgan fingerprint density at radius 1 is 1.33 bits per heavy atom. The number of nitrogens with two attached hydrogens (primary N) is 1. The minimum absolute atomic E-state index is 0.143. The first-order valence-electron chi connectivity index (χ1n) is 11.5. The van der Waals surface area contributed by atoms with Crippen molar-refractivity contribution in [1.82, 2.24) is 0 Å². The molecule has 0 saturated heterocycles. The molecule has 0 spiro atoms. The third-order valence-corrected chi connectivity index (χ3v) is 6.49. The predicted molar refractivity (Wildman–Crippen MR) is 126 cm³/mol. The molecule has 2 aromatic rings. The Morgan fingerprint density at radius 3 is 2.70 bits per heavy atom. The molecule has 5 N–H and O–H groups in total. The van der Waals surface area contributed by atoms with Gasteiger partial charge in [0.15, 0.2) is 0 Å². The number of carbonyl (C=O) groups excluding carboxylic acids is 1. The molecular formula is C25H33N4O4+. The third-order valence-electron chi connectivity index (χ3n) is 6.49. The van der Waals surface area contributed by atoms with Crippen LogP contribution in [0.4, 0.5) is 11.4 Å². The van der Waals surface area contributed by atoms with Crippen LogP contribution >= 0.6 is 0 Å². The highest BCUT2D eigenvalue weighted by atomic mass is 16.5. The summed E-state index contributed by atoms with van der Waals surface area (Å²) in [5.74, 6) is 0.544. The summed E-state index contributed by atoms with van der Waals surface area (Å²) in [4.78, 5) is 17.6. The summed E-state index contributed by atoms with van der Waals surface area (Å²) in [7, 11) is 0. The molecule has 176 valence electrons. The van der Waals surface area contributed by atoms with Crippen molar-refractivity contribution in [3.63, 3.8) is 0 Å². The zero-order chi connectivity index (χ0) is 23.8. The third kappa shape index (κ3) is 5.11. The van der Waals surface area contributed by atoms with Gasteiger partial charge in [-0.3, -0.25) is 15.0 Å². The van der Waals surface area contributed by atoms with Crippen LogP contribution in [0.2, 0.25) is 0 Å². The summed E-state index contributed by atoms with van der Waals surface area (Å²) in [6, 6.07) is 8.75. The van der Waals surface area contributed by atoms with Gasteiger partial charge in [0.2, 0.25) is 5.69 Å². The minimum atomic E-state index is -0.692. The molecule has 2 aliphatic carbocycles. The van der Waals surface area contributed by atoms with Crippen molar-refractivity contribution in [2.45, 2.75) is 64.0 Å². The van der Waals surface area contributed by atoms with E-state index in [1.807, 2.05) is 26.8 Å².